The summed E-state index contributed by atoms with van der Waals surface area (Å²) in [5, 5.41) is 3.56. The van der Waals surface area contributed by atoms with E-state index in [2.05, 4.69) is 10.3 Å². The normalized spacial score (nSPS) is 16.1. The Hall–Kier alpha value is -3.30. The maximum Gasteiger partial charge on any atom is 0.332 e. The van der Waals surface area contributed by atoms with Crippen LogP contribution in [0.1, 0.15) is 18.4 Å². The number of rotatable bonds is 6. The predicted octanol–water partition coefficient (Wildman–Crippen LogP) is 2.27. The first-order chi connectivity index (χ1) is 15.6. The highest BCUT2D eigenvalue weighted by atomic mass is 32.1. The van der Waals surface area contributed by atoms with Crippen molar-refractivity contribution in [2.24, 2.45) is 0 Å². The molecule has 4 aromatic rings. The minimum atomic E-state index is -0.503. The molecule has 0 saturated carbocycles. The summed E-state index contributed by atoms with van der Waals surface area (Å²) in [6.07, 6.45) is 3.18. The number of hydrogen-bond donors (Lipinski definition) is 1. The molecule has 4 heterocycles. The third-order valence-electron chi connectivity index (χ3n) is 5.66. The van der Waals surface area contributed by atoms with Gasteiger partial charge in [-0.3, -0.25) is 18.7 Å². The van der Waals surface area contributed by atoms with Gasteiger partial charge in [0.15, 0.2) is 0 Å². The SMILES string of the molecule is O=C(Cn1c(=O)n(CC2CCCO2)c(=O)c2sc3ncccc3c21)NCc1ccccc1. The van der Waals surface area contributed by atoms with E-state index in [1.54, 1.807) is 12.3 Å². The van der Waals surface area contributed by atoms with Crippen LogP contribution in [0.4, 0.5) is 0 Å². The van der Waals surface area contributed by atoms with Crippen molar-refractivity contribution in [3.05, 3.63) is 75.1 Å². The molecule has 0 radical (unpaired) electrons. The lowest BCUT2D eigenvalue weighted by Crippen LogP contribution is -2.44. The van der Waals surface area contributed by atoms with Gasteiger partial charge in [0, 0.05) is 24.7 Å². The Morgan fingerprint density at radius 3 is 2.78 bits per heavy atom. The van der Waals surface area contributed by atoms with E-state index in [0.717, 1.165) is 18.4 Å². The van der Waals surface area contributed by atoms with Gasteiger partial charge in [0.2, 0.25) is 5.91 Å². The molecule has 1 fully saturated rings. The molecule has 3 aromatic heterocycles. The largest absolute Gasteiger partial charge is 0.376 e. The van der Waals surface area contributed by atoms with Crippen LogP contribution >= 0.6 is 11.3 Å². The summed E-state index contributed by atoms with van der Waals surface area (Å²) in [5.41, 5.74) is 0.569. The zero-order valence-electron chi connectivity index (χ0n) is 17.3. The number of benzene rings is 1. The van der Waals surface area contributed by atoms with Gasteiger partial charge in [0.05, 0.1) is 18.2 Å². The fraction of sp³-hybridized carbons (Fsp3) is 0.304. The Morgan fingerprint density at radius 1 is 1.16 bits per heavy atom. The number of fused-ring (bicyclic) bond motifs is 3. The second-order valence-electron chi connectivity index (χ2n) is 7.82. The number of carbonyl (C=O) groups excluding carboxylic acids is 1. The first-order valence-corrected chi connectivity index (χ1v) is 11.4. The van der Waals surface area contributed by atoms with Gasteiger partial charge in [-0.2, -0.15) is 0 Å². The number of ether oxygens (including phenoxy) is 1. The lowest BCUT2D eigenvalue weighted by molar-refractivity contribution is -0.121. The van der Waals surface area contributed by atoms with Gasteiger partial charge in [-0.1, -0.05) is 30.3 Å². The molecule has 1 aliphatic heterocycles. The Bertz CT molecular complexity index is 1400. The van der Waals surface area contributed by atoms with E-state index >= 15 is 0 Å². The van der Waals surface area contributed by atoms with E-state index < -0.39 is 5.69 Å². The average molecular weight is 451 g/mol. The molecule has 8 nitrogen and oxygen atoms in total. The van der Waals surface area contributed by atoms with Crippen LogP contribution in [-0.2, 0) is 29.2 Å². The van der Waals surface area contributed by atoms with Gasteiger partial charge >= 0.3 is 5.69 Å². The third-order valence-corrected chi connectivity index (χ3v) is 6.75. The summed E-state index contributed by atoms with van der Waals surface area (Å²) >= 11 is 1.24. The fourth-order valence-corrected chi connectivity index (χ4v) is 5.17. The lowest BCUT2D eigenvalue weighted by atomic mass is 10.2. The van der Waals surface area contributed by atoms with E-state index in [0.29, 0.717) is 33.6 Å². The molecular formula is C23H22N4O4S. The minimum Gasteiger partial charge on any atom is -0.376 e. The van der Waals surface area contributed by atoms with Gasteiger partial charge in [0.25, 0.3) is 5.56 Å². The Labute approximate surface area is 187 Å². The molecule has 0 spiro atoms. The summed E-state index contributed by atoms with van der Waals surface area (Å²) in [7, 11) is 0. The topological polar surface area (TPSA) is 95.2 Å². The van der Waals surface area contributed by atoms with Crippen LogP contribution < -0.4 is 16.6 Å². The van der Waals surface area contributed by atoms with Gasteiger partial charge in [-0.05, 0) is 30.5 Å². The third kappa shape index (κ3) is 3.85. The van der Waals surface area contributed by atoms with E-state index in [1.165, 1.54) is 20.5 Å². The lowest BCUT2D eigenvalue weighted by Gasteiger charge is -2.15. The molecular weight excluding hydrogens is 428 g/mol. The van der Waals surface area contributed by atoms with Crippen molar-refractivity contribution < 1.29 is 9.53 Å². The second kappa shape index (κ2) is 8.68. The summed E-state index contributed by atoms with van der Waals surface area (Å²) < 4.78 is 8.68. The molecule has 9 heteroatoms. The van der Waals surface area contributed by atoms with E-state index in [9.17, 15) is 14.4 Å². The molecule has 1 unspecified atom stereocenters. The Kier molecular flexibility index (Phi) is 5.59. The average Bonchev–Trinajstić information content (AvgIpc) is 3.47. The van der Waals surface area contributed by atoms with Crippen LogP contribution in [0, 0.1) is 0 Å². The highest BCUT2D eigenvalue weighted by molar-refractivity contribution is 7.25. The van der Waals surface area contributed by atoms with E-state index in [1.807, 2.05) is 36.4 Å². The molecule has 1 atom stereocenters. The minimum absolute atomic E-state index is 0.175. The summed E-state index contributed by atoms with van der Waals surface area (Å²) in [6, 6.07) is 13.1. The first-order valence-electron chi connectivity index (χ1n) is 10.5. The van der Waals surface area contributed by atoms with Crippen molar-refractivity contribution in [2.75, 3.05) is 6.61 Å². The van der Waals surface area contributed by atoms with Crippen molar-refractivity contribution in [1.29, 1.82) is 0 Å². The zero-order chi connectivity index (χ0) is 22.1. The number of thiophene rings is 1. The summed E-state index contributed by atoms with van der Waals surface area (Å²) in [6.45, 7) is 0.985. The van der Waals surface area contributed by atoms with Crippen molar-refractivity contribution in [1.82, 2.24) is 19.4 Å². The van der Waals surface area contributed by atoms with Crippen molar-refractivity contribution >= 4 is 37.7 Å². The molecule has 1 saturated heterocycles. The van der Waals surface area contributed by atoms with Crippen molar-refractivity contribution in [2.45, 2.75) is 38.6 Å². The summed E-state index contributed by atoms with van der Waals surface area (Å²) in [5.74, 6) is -0.303. The smallest absolute Gasteiger partial charge is 0.332 e. The van der Waals surface area contributed by atoms with E-state index in [-0.39, 0.29) is 30.7 Å². The number of hydrogen-bond acceptors (Lipinski definition) is 6. The molecule has 164 valence electrons. The standard InChI is InChI=1S/C23H22N4O4S/c28-18(25-12-15-6-2-1-3-7-15)14-26-19-17-9-4-10-24-21(17)32-20(19)22(29)27(23(26)30)13-16-8-5-11-31-16/h1-4,6-7,9-10,16H,5,8,11-14H2,(H,25,28). The zero-order valence-corrected chi connectivity index (χ0v) is 18.1. The molecule has 1 amide bonds. The molecule has 5 rings (SSSR count). The molecule has 1 aromatic carbocycles. The highest BCUT2D eigenvalue weighted by Crippen LogP contribution is 2.29. The molecule has 32 heavy (non-hydrogen) atoms. The van der Waals surface area contributed by atoms with Crippen LogP contribution in [0.5, 0.6) is 0 Å². The quantitative estimate of drug-likeness (QED) is 0.486. The first kappa shape index (κ1) is 20.6. The van der Waals surface area contributed by atoms with Crippen LogP contribution in [-0.4, -0.2) is 32.7 Å². The van der Waals surface area contributed by atoms with Crippen LogP contribution in [0.3, 0.4) is 0 Å². The van der Waals surface area contributed by atoms with Gasteiger partial charge in [-0.15, -0.1) is 11.3 Å². The number of amides is 1. The summed E-state index contributed by atoms with van der Waals surface area (Å²) in [4.78, 5) is 44.4. The molecule has 0 aliphatic carbocycles. The number of aromatic nitrogens is 3. The number of carbonyl (C=O) groups is 1. The maximum absolute atomic E-state index is 13.4. The second-order valence-corrected chi connectivity index (χ2v) is 8.82. The van der Waals surface area contributed by atoms with Crippen molar-refractivity contribution in [3.8, 4) is 0 Å². The Morgan fingerprint density at radius 2 is 2.00 bits per heavy atom. The predicted molar refractivity (Wildman–Crippen MR) is 123 cm³/mol. The van der Waals surface area contributed by atoms with Gasteiger partial charge < -0.3 is 10.1 Å². The molecule has 1 aliphatic rings. The van der Waals surface area contributed by atoms with Crippen LogP contribution in [0.25, 0.3) is 20.4 Å². The number of nitrogens with zero attached hydrogens (tertiary/aromatic N) is 3. The van der Waals surface area contributed by atoms with E-state index in [4.69, 9.17) is 4.74 Å². The number of nitrogens with one attached hydrogen (secondary N) is 1. The number of pyridine rings is 1. The van der Waals surface area contributed by atoms with Crippen LogP contribution in [0.15, 0.2) is 58.3 Å². The van der Waals surface area contributed by atoms with Gasteiger partial charge in [-0.25, -0.2) is 9.78 Å². The molecule has 0 bridgehead atoms. The van der Waals surface area contributed by atoms with Crippen molar-refractivity contribution in [3.63, 3.8) is 0 Å². The Balaban J connectivity index is 1.56. The maximum atomic E-state index is 13.4. The fourth-order valence-electron chi connectivity index (χ4n) is 4.08. The van der Waals surface area contributed by atoms with Gasteiger partial charge in [0.1, 0.15) is 16.1 Å². The monoisotopic (exact) mass is 450 g/mol. The van der Waals surface area contributed by atoms with Crippen LogP contribution in [0.2, 0.25) is 0 Å². The molecule has 1 N–H and O–H groups in total. The highest BCUT2D eigenvalue weighted by Gasteiger charge is 2.23.